The standard InChI is InChI=1S/C20H22N6.2BrH/c21-13-3-15-26-14-2-1-4-20(26)25-24-19-11-9-18(10-12-19)23-17-7-5-16(22)6-8-17;;/h1-2,4-12,14H,3,13,15,21H2,(H2,22,24);2*1H. The Morgan fingerprint density at radius 2 is 1.50 bits per heavy atom. The van der Waals surface area contributed by atoms with Crippen LogP contribution < -0.4 is 55.3 Å². The SMILES string of the molecule is Nc1ccc(Nc2ccc(N=Nc3cccc[n+]3CCC[NH3+])cc2)cc1.[Br-].[Br-]. The van der Waals surface area contributed by atoms with Crippen LogP contribution in [0.3, 0.4) is 0 Å². The Balaban J connectivity index is 0.00000196. The van der Waals surface area contributed by atoms with E-state index >= 15 is 0 Å². The first-order valence-electron chi connectivity index (χ1n) is 8.67. The number of nitrogens with two attached hydrogens (primary N) is 1. The molecule has 148 valence electrons. The van der Waals surface area contributed by atoms with Gasteiger partial charge in [-0.05, 0) is 59.7 Å². The molecule has 0 saturated carbocycles. The number of pyridine rings is 1. The number of halogens is 2. The number of hydrogen-bond acceptors (Lipinski definition) is 4. The van der Waals surface area contributed by atoms with E-state index in [0.717, 1.165) is 48.1 Å². The summed E-state index contributed by atoms with van der Waals surface area (Å²) in [4.78, 5) is 0. The third-order valence-corrected chi connectivity index (χ3v) is 3.90. The maximum atomic E-state index is 5.70. The molecule has 1 aromatic heterocycles. The van der Waals surface area contributed by atoms with Crippen molar-refractivity contribution in [1.29, 1.82) is 0 Å². The number of hydrogen-bond donors (Lipinski definition) is 3. The van der Waals surface area contributed by atoms with Gasteiger partial charge in [-0.3, -0.25) is 0 Å². The van der Waals surface area contributed by atoms with Gasteiger partial charge in [0.25, 0.3) is 0 Å². The Hall–Kier alpha value is -2.29. The summed E-state index contributed by atoms with van der Waals surface area (Å²) >= 11 is 0. The number of aryl methyl sites for hydroxylation is 1. The third kappa shape index (κ3) is 7.03. The average molecular weight is 508 g/mol. The van der Waals surface area contributed by atoms with Crippen molar-refractivity contribution < 1.29 is 44.3 Å². The minimum absolute atomic E-state index is 0. The Kier molecular flexibility index (Phi) is 10.4. The van der Waals surface area contributed by atoms with Gasteiger partial charge in [0.15, 0.2) is 0 Å². The summed E-state index contributed by atoms with van der Waals surface area (Å²) in [6.07, 6.45) is 3.03. The fourth-order valence-electron chi connectivity index (χ4n) is 2.48. The zero-order valence-electron chi connectivity index (χ0n) is 15.4. The van der Waals surface area contributed by atoms with Gasteiger partial charge in [0, 0.05) is 29.5 Å². The summed E-state index contributed by atoms with van der Waals surface area (Å²) in [5.74, 6) is 0.838. The first-order chi connectivity index (χ1) is 12.7. The van der Waals surface area contributed by atoms with Gasteiger partial charge in [-0.15, -0.1) is 0 Å². The Morgan fingerprint density at radius 1 is 0.857 bits per heavy atom. The maximum Gasteiger partial charge on any atom is 0.350 e. The number of nitrogens with one attached hydrogen (secondary N) is 1. The molecule has 0 radical (unpaired) electrons. The molecule has 8 heteroatoms. The van der Waals surface area contributed by atoms with Gasteiger partial charge in [-0.25, -0.2) is 4.57 Å². The largest absolute Gasteiger partial charge is 1.00 e. The van der Waals surface area contributed by atoms with Crippen molar-refractivity contribution >= 4 is 28.6 Å². The molecule has 0 atom stereocenters. The first kappa shape index (κ1) is 23.7. The molecule has 3 rings (SSSR count). The molecule has 1 heterocycles. The first-order valence-corrected chi connectivity index (χ1v) is 8.67. The number of rotatable bonds is 7. The van der Waals surface area contributed by atoms with Crippen molar-refractivity contribution in [3.05, 3.63) is 72.9 Å². The van der Waals surface area contributed by atoms with Crippen LogP contribution in [0.5, 0.6) is 0 Å². The molecule has 28 heavy (non-hydrogen) atoms. The second-order valence-electron chi connectivity index (χ2n) is 5.95. The summed E-state index contributed by atoms with van der Waals surface area (Å²) in [5.41, 5.74) is 13.1. The Morgan fingerprint density at radius 3 is 2.14 bits per heavy atom. The van der Waals surface area contributed by atoms with Crippen LogP contribution in [0.1, 0.15) is 6.42 Å². The van der Waals surface area contributed by atoms with Gasteiger partial charge in [-0.2, -0.15) is 0 Å². The Labute approximate surface area is 186 Å². The van der Waals surface area contributed by atoms with E-state index in [1.165, 1.54) is 0 Å². The van der Waals surface area contributed by atoms with Crippen molar-refractivity contribution in [2.45, 2.75) is 13.0 Å². The fourth-order valence-corrected chi connectivity index (χ4v) is 2.48. The van der Waals surface area contributed by atoms with Crippen LogP contribution in [0.4, 0.5) is 28.6 Å². The summed E-state index contributed by atoms with van der Waals surface area (Å²) in [5, 5.41) is 12.1. The summed E-state index contributed by atoms with van der Waals surface area (Å²) in [6, 6.07) is 21.4. The monoisotopic (exact) mass is 506 g/mol. The lowest BCUT2D eigenvalue weighted by Crippen LogP contribution is -3.00. The molecule has 6 nitrogen and oxygen atoms in total. The van der Waals surface area contributed by atoms with E-state index in [4.69, 9.17) is 5.73 Å². The number of nitrogen functional groups attached to an aromatic ring is 1. The van der Waals surface area contributed by atoms with Crippen LogP contribution >= 0.6 is 0 Å². The van der Waals surface area contributed by atoms with Crippen LogP contribution in [-0.4, -0.2) is 6.54 Å². The minimum atomic E-state index is 0. The molecule has 0 saturated heterocycles. The van der Waals surface area contributed by atoms with E-state index in [2.05, 4.69) is 25.8 Å². The van der Waals surface area contributed by atoms with Crippen LogP contribution in [0.2, 0.25) is 0 Å². The number of aromatic nitrogens is 1. The van der Waals surface area contributed by atoms with E-state index < -0.39 is 0 Å². The molecule has 0 unspecified atom stereocenters. The normalized spacial score (nSPS) is 10.2. The molecule has 0 amide bonds. The predicted molar refractivity (Wildman–Crippen MR) is 104 cm³/mol. The third-order valence-electron chi connectivity index (χ3n) is 3.90. The predicted octanol–water partition coefficient (Wildman–Crippen LogP) is -2.64. The Bertz CT molecular complexity index is 867. The van der Waals surface area contributed by atoms with E-state index in [-0.39, 0.29) is 34.0 Å². The van der Waals surface area contributed by atoms with Crippen LogP contribution in [0.15, 0.2) is 83.2 Å². The topological polar surface area (TPSA) is 94.3 Å². The van der Waals surface area contributed by atoms with Gasteiger partial charge in [0.2, 0.25) is 0 Å². The molecular weight excluding hydrogens is 484 g/mol. The highest BCUT2D eigenvalue weighted by Crippen LogP contribution is 2.22. The van der Waals surface area contributed by atoms with E-state index in [0.29, 0.717) is 0 Å². The van der Waals surface area contributed by atoms with E-state index in [1.54, 1.807) is 0 Å². The molecule has 0 spiro atoms. The highest BCUT2D eigenvalue weighted by molar-refractivity contribution is 5.63. The van der Waals surface area contributed by atoms with Gasteiger partial charge < -0.3 is 50.7 Å². The van der Waals surface area contributed by atoms with Crippen molar-refractivity contribution in [2.24, 2.45) is 10.2 Å². The number of quaternary nitrogens is 1. The van der Waals surface area contributed by atoms with Crippen LogP contribution in [-0.2, 0) is 6.54 Å². The van der Waals surface area contributed by atoms with Gasteiger partial charge in [0.1, 0.15) is 5.69 Å². The average Bonchev–Trinajstić information content (AvgIpc) is 2.68. The van der Waals surface area contributed by atoms with Crippen molar-refractivity contribution in [1.82, 2.24) is 0 Å². The van der Waals surface area contributed by atoms with Crippen LogP contribution in [0, 0.1) is 0 Å². The molecule has 0 aliphatic rings. The van der Waals surface area contributed by atoms with Crippen LogP contribution in [0.25, 0.3) is 0 Å². The molecule has 0 aliphatic heterocycles. The second kappa shape index (κ2) is 12.2. The molecule has 6 N–H and O–H groups in total. The smallest absolute Gasteiger partial charge is 0.350 e. The van der Waals surface area contributed by atoms with E-state index in [9.17, 15) is 0 Å². The van der Waals surface area contributed by atoms with Crippen molar-refractivity contribution in [2.75, 3.05) is 17.6 Å². The summed E-state index contributed by atoms with van der Waals surface area (Å²) in [7, 11) is 0. The number of nitrogens with zero attached hydrogens (tertiary/aromatic N) is 3. The number of anilines is 3. The summed E-state index contributed by atoms with van der Waals surface area (Å²) < 4.78 is 2.09. The molecule has 3 aromatic rings. The lowest BCUT2D eigenvalue weighted by atomic mass is 10.2. The van der Waals surface area contributed by atoms with Crippen molar-refractivity contribution in [3.63, 3.8) is 0 Å². The number of benzene rings is 2. The minimum Gasteiger partial charge on any atom is -1.00 e. The highest BCUT2D eigenvalue weighted by atomic mass is 79.9. The number of azo groups is 1. The zero-order chi connectivity index (χ0) is 18.2. The van der Waals surface area contributed by atoms with Gasteiger partial charge >= 0.3 is 5.82 Å². The van der Waals surface area contributed by atoms with Gasteiger partial charge in [-0.1, -0.05) is 6.07 Å². The molecule has 0 aliphatic carbocycles. The molecule has 0 fully saturated rings. The van der Waals surface area contributed by atoms with Crippen molar-refractivity contribution in [3.8, 4) is 0 Å². The lowest BCUT2D eigenvalue weighted by Gasteiger charge is -2.06. The zero-order valence-corrected chi connectivity index (χ0v) is 18.6. The fraction of sp³-hybridized carbons (Fsp3) is 0.150. The molecule has 0 bridgehead atoms. The highest BCUT2D eigenvalue weighted by Gasteiger charge is 2.08. The summed E-state index contributed by atoms with van der Waals surface area (Å²) in [6.45, 7) is 1.80. The van der Waals surface area contributed by atoms with Gasteiger partial charge in [0.05, 0.1) is 24.4 Å². The molecule has 2 aromatic carbocycles. The quantitative estimate of drug-likeness (QED) is 0.185. The van der Waals surface area contributed by atoms with E-state index in [1.807, 2.05) is 72.9 Å². The second-order valence-corrected chi connectivity index (χ2v) is 5.95. The molecular formula is C20H24Br2N6. The maximum absolute atomic E-state index is 5.70. The lowest BCUT2D eigenvalue weighted by molar-refractivity contribution is -0.686.